The number of rotatable bonds is 5. The number of aromatic nitrogens is 1. The fourth-order valence-electron chi connectivity index (χ4n) is 3.52. The lowest BCUT2D eigenvalue weighted by molar-refractivity contribution is 0.115. The van der Waals surface area contributed by atoms with E-state index < -0.39 is 0 Å². The molecule has 1 aromatic rings. The molecule has 0 bridgehead atoms. The molecule has 1 aliphatic carbocycles. The van der Waals surface area contributed by atoms with Crippen LogP contribution in [-0.4, -0.2) is 30.8 Å². The Morgan fingerprint density at radius 2 is 2.04 bits per heavy atom. The first-order valence-electron chi connectivity index (χ1n) is 8.56. The quantitative estimate of drug-likeness (QED) is 0.500. The summed E-state index contributed by atoms with van der Waals surface area (Å²) in [5.74, 6) is 0.500. The van der Waals surface area contributed by atoms with Gasteiger partial charge in [0.15, 0.2) is 10.3 Å². The molecule has 2 heterocycles. The highest BCUT2D eigenvalue weighted by atomic mass is 35.5. The van der Waals surface area contributed by atoms with Crippen molar-refractivity contribution in [2.24, 2.45) is 5.92 Å². The van der Waals surface area contributed by atoms with E-state index in [0.717, 1.165) is 45.3 Å². The van der Waals surface area contributed by atoms with Gasteiger partial charge in [-0.05, 0) is 38.0 Å². The van der Waals surface area contributed by atoms with Crippen LogP contribution in [0.3, 0.4) is 0 Å². The number of hydrogen-bond donors (Lipinski definition) is 0. The summed E-state index contributed by atoms with van der Waals surface area (Å²) in [4.78, 5) is 6.10. The molecule has 0 spiro atoms. The lowest BCUT2D eigenvalue weighted by Gasteiger charge is -2.33. The zero-order valence-electron chi connectivity index (χ0n) is 13.9. The van der Waals surface area contributed by atoms with Crippen molar-refractivity contribution in [3.05, 3.63) is 33.0 Å². The molecule has 0 amide bonds. The summed E-state index contributed by atoms with van der Waals surface area (Å²) in [6.45, 7) is 2.24. The van der Waals surface area contributed by atoms with E-state index in [1.54, 1.807) is 0 Å². The van der Waals surface area contributed by atoms with Crippen LogP contribution in [0, 0.1) is 17.2 Å². The summed E-state index contributed by atoms with van der Waals surface area (Å²) in [6, 6.07) is 2.14. The summed E-state index contributed by atoms with van der Waals surface area (Å²) >= 11 is 18.8. The van der Waals surface area contributed by atoms with Crippen LogP contribution in [0.5, 0.6) is 0 Å². The highest BCUT2D eigenvalue weighted by molar-refractivity contribution is 6.44. The molecule has 1 aromatic heterocycles. The summed E-state index contributed by atoms with van der Waals surface area (Å²) in [5, 5.41) is 10.1. The predicted octanol–water partition coefficient (Wildman–Crippen LogP) is 5.26. The standard InChI is InChI=1S/C18H20Cl3N3O/c19-15-16(14(9-22)17(20)23-18(15)21)24(11-13-7-4-8-25-13)10-12-5-2-1-3-6-12/h1-2,12-13H,3-8,10-11H2. The van der Waals surface area contributed by atoms with Gasteiger partial charge in [-0.3, -0.25) is 0 Å². The van der Waals surface area contributed by atoms with E-state index in [-0.39, 0.29) is 27.0 Å². The molecule has 2 atom stereocenters. The summed E-state index contributed by atoms with van der Waals surface area (Å²) < 4.78 is 5.80. The largest absolute Gasteiger partial charge is 0.376 e. The number of halogens is 3. The van der Waals surface area contributed by atoms with Gasteiger partial charge in [-0.1, -0.05) is 47.0 Å². The van der Waals surface area contributed by atoms with Gasteiger partial charge in [0.25, 0.3) is 0 Å². The first-order valence-corrected chi connectivity index (χ1v) is 9.69. The van der Waals surface area contributed by atoms with Crippen molar-refractivity contribution >= 4 is 40.5 Å². The van der Waals surface area contributed by atoms with Crippen LogP contribution in [0.4, 0.5) is 5.69 Å². The molecule has 2 unspecified atom stereocenters. The molecular formula is C18H20Cl3N3O. The minimum Gasteiger partial charge on any atom is -0.376 e. The van der Waals surface area contributed by atoms with Crippen molar-refractivity contribution in [1.82, 2.24) is 4.98 Å². The normalized spacial score (nSPS) is 22.8. The second kappa shape index (κ2) is 8.60. The number of allylic oxidation sites excluding steroid dienone is 2. The smallest absolute Gasteiger partial charge is 0.151 e. The van der Waals surface area contributed by atoms with E-state index >= 15 is 0 Å². The van der Waals surface area contributed by atoms with E-state index in [1.165, 1.54) is 0 Å². The highest BCUT2D eigenvalue weighted by Gasteiger charge is 2.28. The number of hydrogen-bond acceptors (Lipinski definition) is 4. The van der Waals surface area contributed by atoms with Gasteiger partial charge >= 0.3 is 0 Å². The Bertz CT molecular complexity index is 696. The third kappa shape index (κ3) is 4.41. The fraction of sp³-hybridized carbons (Fsp3) is 0.556. The maximum atomic E-state index is 9.58. The van der Waals surface area contributed by atoms with Gasteiger partial charge in [0.2, 0.25) is 0 Å². The third-order valence-corrected chi connectivity index (χ3v) is 5.76. The van der Waals surface area contributed by atoms with Gasteiger partial charge in [0.05, 0.1) is 11.8 Å². The topological polar surface area (TPSA) is 49.2 Å². The van der Waals surface area contributed by atoms with Crippen LogP contribution in [0.25, 0.3) is 0 Å². The molecule has 0 radical (unpaired) electrons. The average molecular weight is 401 g/mol. The number of anilines is 1. The van der Waals surface area contributed by atoms with E-state index in [9.17, 15) is 5.26 Å². The third-order valence-electron chi connectivity index (χ3n) is 4.76. The molecule has 0 N–H and O–H groups in total. The number of pyridine rings is 1. The lowest BCUT2D eigenvalue weighted by atomic mass is 9.93. The fourth-order valence-corrected chi connectivity index (χ4v) is 4.21. The molecule has 3 rings (SSSR count). The molecule has 0 saturated carbocycles. The van der Waals surface area contributed by atoms with Gasteiger partial charge in [-0.25, -0.2) is 4.98 Å². The van der Waals surface area contributed by atoms with Gasteiger partial charge in [0.1, 0.15) is 16.7 Å². The zero-order chi connectivity index (χ0) is 17.8. The molecular weight excluding hydrogens is 381 g/mol. The molecule has 0 aromatic carbocycles. The maximum Gasteiger partial charge on any atom is 0.151 e. The SMILES string of the molecule is N#Cc1c(Cl)nc(Cl)c(Cl)c1N(CC1CC=CCC1)CC1CCCO1. The van der Waals surface area contributed by atoms with Crippen LogP contribution in [0.2, 0.25) is 15.3 Å². The van der Waals surface area contributed by atoms with Crippen LogP contribution < -0.4 is 4.90 Å². The first kappa shape index (κ1) is 18.8. The van der Waals surface area contributed by atoms with Crippen molar-refractivity contribution in [2.45, 2.75) is 38.2 Å². The van der Waals surface area contributed by atoms with Gasteiger partial charge in [0, 0.05) is 19.7 Å². The van der Waals surface area contributed by atoms with Crippen molar-refractivity contribution in [2.75, 3.05) is 24.6 Å². The Balaban J connectivity index is 1.95. The highest BCUT2D eigenvalue weighted by Crippen LogP contribution is 2.39. The summed E-state index contributed by atoms with van der Waals surface area (Å²) in [6.07, 6.45) is 9.85. The molecule has 134 valence electrons. The van der Waals surface area contributed by atoms with Crippen LogP contribution in [0.15, 0.2) is 12.2 Å². The van der Waals surface area contributed by atoms with Crippen LogP contribution >= 0.6 is 34.8 Å². The Morgan fingerprint density at radius 1 is 1.20 bits per heavy atom. The molecule has 7 heteroatoms. The summed E-state index contributed by atoms with van der Waals surface area (Å²) in [5.41, 5.74) is 0.861. The van der Waals surface area contributed by atoms with E-state index in [0.29, 0.717) is 18.2 Å². The molecule has 25 heavy (non-hydrogen) atoms. The Hall–Kier alpha value is -0.990. The van der Waals surface area contributed by atoms with Crippen molar-refractivity contribution in [1.29, 1.82) is 5.26 Å². The second-order valence-electron chi connectivity index (χ2n) is 6.53. The van der Waals surface area contributed by atoms with E-state index in [4.69, 9.17) is 39.5 Å². The summed E-state index contributed by atoms with van der Waals surface area (Å²) in [7, 11) is 0. The van der Waals surface area contributed by atoms with E-state index in [2.05, 4.69) is 28.1 Å². The van der Waals surface area contributed by atoms with Crippen molar-refractivity contribution in [3.63, 3.8) is 0 Å². The lowest BCUT2D eigenvalue weighted by Crippen LogP contribution is -2.37. The van der Waals surface area contributed by atoms with Gasteiger partial charge in [-0.2, -0.15) is 5.26 Å². The number of nitriles is 1. The molecule has 1 aliphatic heterocycles. The zero-order valence-corrected chi connectivity index (χ0v) is 16.1. The van der Waals surface area contributed by atoms with Crippen LogP contribution in [-0.2, 0) is 4.74 Å². The minimum absolute atomic E-state index is 0.0905. The number of ether oxygens (including phenoxy) is 1. The van der Waals surface area contributed by atoms with Gasteiger partial charge in [-0.15, -0.1) is 0 Å². The minimum atomic E-state index is 0.0905. The first-order chi connectivity index (χ1) is 12.1. The van der Waals surface area contributed by atoms with Gasteiger partial charge < -0.3 is 9.64 Å². The molecule has 1 fully saturated rings. The predicted molar refractivity (Wildman–Crippen MR) is 102 cm³/mol. The molecule has 4 nitrogen and oxygen atoms in total. The average Bonchev–Trinajstić information content (AvgIpc) is 3.11. The second-order valence-corrected chi connectivity index (χ2v) is 7.63. The van der Waals surface area contributed by atoms with Crippen molar-refractivity contribution < 1.29 is 4.74 Å². The van der Waals surface area contributed by atoms with E-state index in [1.807, 2.05) is 0 Å². The van der Waals surface area contributed by atoms with Crippen molar-refractivity contribution in [3.8, 4) is 6.07 Å². The maximum absolute atomic E-state index is 9.58. The Morgan fingerprint density at radius 3 is 2.68 bits per heavy atom. The monoisotopic (exact) mass is 399 g/mol. The molecule has 2 aliphatic rings. The number of nitrogens with zero attached hydrogens (tertiary/aromatic N) is 3. The molecule has 1 saturated heterocycles. The Kier molecular flexibility index (Phi) is 6.46. The Labute approximate surface area is 163 Å². The van der Waals surface area contributed by atoms with Crippen LogP contribution in [0.1, 0.15) is 37.7 Å².